The molecule has 0 amide bonds. The molecule has 1 aromatic carbocycles. The molecular weight excluding hydrogens is 262 g/mol. The number of hydrogen-bond acceptors (Lipinski definition) is 3. The second kappa shape index (κ2) is 6.54. The van der Waals surface area contributed by atoms with Gasteiger partial charge >= 0.3 is 0 Å². The largest absolute Gasteiger partial charge is 0.392 e. The molecule has 1 N–H and O–H groups in total. The van der Waals surface area contributed by atoms with Gasteiger partial charge in [0.1, 0.15) is 0 Å². The number of aliphatic hydroxyl groups excluding tert-OH is 1. The molecule has 1 fully saturated rings. The van der Waals surface area contributed by atoms with E-state index in [1.165, 1.54) is 31.4 Å². The maximum Gasteiger partial charge on any atom is 0.0705 e. The highest BCUT2D eigenvalue weighted by molar-refractivity contribution is 5.79. The van der Waals surface area contributed by atoms with Gasteiger partial charge in [-0.05, 0) is 48.9 Å². The predicted molar refractivity (Wildman–Crippen MR) is 84.2 cm³/mol. The summed E-state index contributed by atoms with van der Waals surface area (Å²) < 4.78 is 5.32. The van der Waals surface area contributed by atoms with E-state index < -0.39 is 0 Å². The summed E-state index contributed by atoms with van der Waals surface area (Å²) in [7, 11) is 1.79. The molecule has 1 saturated carbocycles. The highest BCUT2D eigenvalue weighted by Crippen LogP contribution is 2.36. The number of aromatic nitrogens is 1. The normalized spacial score (nSPS) is 22.6. The second-order valence-electron chi connectivity index (χ2n) is 6.11. The molecule has 0 radical (unpaired) electrons. The standard InChI is InChI=1S/C18H23NO2/c1-21-12-14-3-2-4-15(10-14)18-8-6-16-9-13(11-20)5-7-17(16)19-18/h5-9,14-15,20H,2-4,10-12H2,1H3/t14-,15+/m1/s1. The molecular formula is C18H23NO2. The maximum absolute atomic E-state index is 9.20. The van der Waals surface area contributed by atoms with Gasteiger partial charge in [-0.15, -0.1) is 0 Å². The predicted octanol–water partition coefficient (Wildman–Crippen LogP) is 3.65. The zero-order chi connectivity index (χ0) is 14.7. The lowest BCUT2D eigenvalue weighted by Crippen LogP contribution is -2.18. The van der Waals surface area contributed by atoms with E-state index in [4.69, 9.17) is 9.72 Å². The molecule has 21 heavy (non-hydrogen) atoms. The molecule has 0 bridgehead atoms. The van der Waals surface area contributed by atoms with Crippen LogP contribution in [0.4, 0.5) is 0 Å². The van der Waals surface area contributed by atoms with Crippen molar-refractivity contribution in [3.8, 4) is 0 Å². The van der Waals surface area contributed by atoms with Gasteiger partial charge in [0, 0.05) is 30.7 Å². The number of aliphatic hydroxyl groups is 1. The summed E-state index contributed by atoms with van der Waals surface area (Å²) in [6.45, 7) is 0.947. The third-order valence-corrected chi connectivity index (χ3v) is 4.56. The summed E-state index contributed by atoms with van der Waals surface area (Å²) >= 11 is 0. The Hall–Kier alpha value is -1.45. The molecule has 112 valence electrons. The smallest absolute Gasteiger partial charge is 0.0705 e. The topological polar surface area (TPSA) is 42.4 Å². The SMILES string of the molecule is COC[C@@H]1CCC[C@H](c2ccc3cc(CO)ccc3n2)C1. The van der Waals surface area contributed by atoms with Crippen LogP contribution in [0.5, 0.6) is 0 Å². The molecule has 0 saturated heterocycles. The van der Waals surface area contributed by atoms with Crippen molar-refractivity contribution in [3.05, 3.63) is 41.6 Å². The van der Waals surface area contributed by atoms with Crippen LogP contribution in [0.2, 0.25) is 0 Å². The number of methoxy groups -OCH3 is 1. The van der Waals surface area contributed by atoms with Crippen LogP contribution in [-0.4, -0.2) is 23.8 Å². The van der Waals surface area contributed by atoms with Gasteiger partial charge in [-0.25, -0.2) is 0 Å². The number of benzene rings is 1. The minimum atomic E-state index is 0.0824. The van der Waals surface area contributed by atoms with E-state index in [1.54, 1.807) is 7.11 Å². The van der Waals surface area contributed by atoms with Gasteiger partial charge in [-0.1, -0.05) is 18.6 Å². The fourth-order valence-corrected chi connectivity index (χ4v) is 3.46. The van der Waals surface area contributed by atoms with Crippen molar-refractivity contribution in [2.75, 3.05) is 13.7 Å². The van der Waals surface area contributed by atoms with E-state index in [0.717, 1.165) is 23.1 Å². The minimum absolute atomic E-state index is 0.0824. The van der Waals surface area contributed by atoms with Crippen molar-refractivity contribution < 1.29 is 9.84 Å². The molecule has 3 nitrogen and oxygen atoms in total. The van der Waals surface area contributed by atoms with Gasteiger partial charge in [0.05, 0.1) is 12.1 Å². The number of fused-ring (bicyclic) bond motifs is 1. The van der Waals surface area contributed by atoms with Crippen LogP contribution in [0.15, 0.2) is 30.3 Å². The third-order valence-electron chi connectivity index (χ3n) is 4.56. The summed E-state index contributed by atoms with van der Waals surface area (Å²) in [4.78, 5) is 4.85. The van der Waals surface area contributed by atoms with Crippen LogP contribution in [0.25, 0.3) is 10.9 Å². The van der Waals surface area contributed by atoms with Crippen molar-refractivity contribution in [2.24, 2.45) is 5.92 Å². The molecule has 2 atom stereocenters. The Morgan fingerprint density at radius 3 is 2.95 bits per heavy atom. The molecule has 3 rings (SSSR count). The first-order chi connectivity index (χ1) is 10.3. The Kier molecular flexibility index (Phi) is 4.51. The van der Waals surface area contributed by atoms with Crippen molar-refractivity contribution in [2.45, 2.75) is 38.2 Å². The number of rotatable bonds is 4. The molecule has 1 aromatic heterocycles. The quantitative estimate of drug-likeness (QED) is 0.932. The van der Waals surface area contributed by atoms with E-state index in [-0.39, 0.29) is 6.61 Å². The van der Waals surface area contributed by atoms with Crippen molar-refractivity contribution in [1.29, 1.82) is 0 Å². The van der Waals surface area contributed by atoms with E-state index in [1.807, 2.05) is 18.2 Å². The Morgan fingerprint density at radius 2 is 2.14 bits per heavy atom. The van der Waals surface area contributed by atoms with E-state index >= 15 is 0 Å². The molecule has 2 aromatic rings. The van der Waals surface area contributed by atoms with Crippen LogP contribution >= 0.6 is 0 Å². The summed E-state index contributed by atoms with van der Waals surface area (Å²) in [5.41, 5.74) is 3.17. The van der Waals surface area contributed by atoms with Gasteiger partial charge in [0.15, 0.2) is 0 Å². The van der Waals surface area contributed by atoms with Crippen LogP contribution in [0.1, 0.15) is 42.9 Å². The third kappa shape index (κ3) is 3.25. The molecule has 0 spiro atoms. The van der Waals surface area contributed by atoms with Crippen molar-refractivity contribution in [3.63, 3.8) is 0 Å². The fraction of sp³-hybridized carbons (Fsp3) is 0.500. The van der Waals surface area contributed by atoms with E-state index in [0.29, 0.717) is 11.8 Å². The summed E-state index contributed by atoms with van der Waals surface area (Å²) in [6, 6.07) is 10.3. The number of pyridine rings is 1. The Morgan fingerprint density at radius 1 is 1.24 bits per heavy atom. The number of nitrogens with zero attached hydrogens (tertiary/aromatic N) is 1. The van der Waals surface area contributed by atoms with Gasteiger partial charge in [0.25, 0.3) is 0 Å². The van der Waals surface area contributed by atoms with E-state index in [9.17, 15) is 5.11 Å². The molecule has 0 unspecified atom stereocenters. The molecule has 1 heterocycles. The first-order valence-electron chi connectivity index (χ1n) is 7.79. The second-order valence-corrected chi connectivity index (χ2v) is 6.11. The lowest BCUT2D eigenvalue weighted by Gasteiger charge is -2.28. The lowest BCUT2D eigenvalue weighted by atomic mass is 9.80. The summed E-state index contributed by atoms with van der Waals surface area (Å²) in [6.07, 6.45) is 4.95. The Bertz CT molecular complexity index is 609. The fourth-order valence-electron chi connectivity index (χ4n) is 3.46. The zero-order valence-electron chi connectivity index (χ0n) is 12.6. The average Bonchev–Trinajstić information content (AvgIpc) is 2.54. The van der Waals surface area contributed by atoms with Crippen molar-refractivity contribution in [1.82, 2.24) is 4.98 Å². The van der Waals surface area contributed by atoms with Gasteiger partial charge in [0.2, 0.25) is 0 Å². The van der Waals surface area contributed by atoms with Gasteiger partial charge < -0.3 is 9.84 Å². The summed E-state index contributed by atoms with van der Waals surface area (Å²) in [5.74, 6) is 1.23. The first-order valence-corrected chi connectivity index (χ1v) is 7.79. The number of hydrogen-bond donors (Lipinski definition) is 1. The molecule has 1 aliphatic carbocycles. The van der Waals surface area contributed by atoms with Crippen LogP contribution < -0.4 is 0 Å². The highest BCUT2D eigenvalue weighted by atomic mass is 16.5. The Balaban J connectivity index is 1.83. The van der Waals surface area contributed by atoms with E-state index in [2.05, 4.69) is 12.1 Å². The first kappa shape index (κ1) is 14.5. The van der Waals surface area contributed by atoms with Crippen LogP contribution in [0.3, 0.4) is 0 Å². The van der Waals surface area contributed by atoms with Crippen molar-refractivity contribution >= 4 is 10.9 Å². The van der Waals surface area contributed by atoms with Gasteiger partial charge in [-0.2, -0.15) is 0 Å². The van der Waals surface area contributed by atoms with Crippen LogP contribution in [-0.2, 0) is 11.3 Å². The lowest BCUT2D eigenvalue weighted by molar-refractivity contribution is 0.125. The highest BCUT2D eigenvalue weighted by Gasteiger charge is 2.24. The zero-order valence-corrected chi connectivity index (χ0v) is 12.6. The summed E-state index contributed by atoms with van der Waals surface area (Å²) in [5, 5.41) is 10.3. The van der Waals surface area contributed by atoms with Crippen LogP contribution in [0, 0.1) is 5.92 Å². The molecule has 3 heteroatoms. The molecule has 0 aliphatic heterocycles. The Labute approximate surface area is 126 Å². The average molecular weight is 285 g/mol. The van der Waals surface area contributed by atoms with Gasteiger partial charge in [-0.3, -0.25) is 4.98 Å². The molecule has 1 aliphatic rings. The minimum Gasteiger partial charge on any atom is -0.392 e. The maximum atomic E-state index is 9.20. The monoisotopic (exact) mass is 285 g/mol. The number of ether oxygens (including phenoxy) is 1.